The number of hydrogen-bond acceptors (Lipinski definition) is 4. The van der Waals surface area contributed by atoms with E-state index in [-0.39, 0.29) is 18.5 Å². The zero-order valence-electron chi connectivity index (χ0n) is 17.8. The van der Waals surface area contributed by atoms with Crippen molar-refractivity contribution in [2.45, 2.75) is 77.2 Å². The molecule has 0 saturated heterocycles. The lowest BCUT2D eigenvalue weighted by molar-refractivity contribution is -0.169. The van der Waals surface area contributed by atoms with E-state index >= 15 is 0 Å². The van der Waals surface area contributed by atoms with Crippen LogP contribution in [0.3, 0.4) is 0 Å². The van der Waals surface area contributed by atoms with Gasteiger partial charge < -0.3 is 9.47 Å². The molecule has 160 valence electrons. The lowest BCUT2D eigenvalue weighted by Crippen LogP contribution is -2.38. The van der Waals surface area contributed by atoms with Crippen LogP contribution in [0.25, 0.3) is 0 Å². The summed E-state index contributed by atoms with van der Waals surface area (Å²) in [4.78, 5) is 25.4. The second kappa shape index (κ2) is 9.27. The molecule has 3 rings (SSSR count). The number of carbonyl (C=O) groups excluding carboxylic acids is 2. The van der Waals surface area contributed by atoms with E-state index in [2.05, 4.69) is 20.8 Å². The van der Waals surface area contributed by atoms with E-state index in [1.807, 2.05) is 0 Å². The summed E-state index contributed by atoms with van der Waals surface area (Å²) in [5, 5.41) is 0. The summed E-state index contributed by atoms with van der Waals surface area (Å²) < 4.78 is 24.5. The highest BCUT2D eigenvalue weighted by Crippen LogP contribution is 2.42. The van der Waals surface area contributed by atoms with E-state index in [0.717, 1.165) is 37.7 Å². The highest BCUT2D eigenvalue weighted by Gasteiger charge is 2.44. The summed E-state index contributed by atoms with van der Waals surface area (Å²) >= 11 is 0. The molecule has 0 aromatic heterocycles. The number of benzene rings is 1. The monoisotopic (exact) mass is 404 g/mol. The average molecular weight is 405 g/mol. The highest BCUT2D eigenvalue weighted by atomic mass is 19.1. The summed E-state index contributed by atoms with van der Waals surface area (Å²) in [6.45, 7) is 6.14. The van der Waals surface area contributed by atoms with Crippen molar-refractivity contribution in [1.82, 2.24) is 0 Å². The third kappa shape index (κ3) is 4.99. The number of esters is 2. The zero-order valence-corrected chi connectivity index (χ0v) is 17.8. The number of hydrogen-bond donors (Lipinski definition) is 0. The van der Waals surface area contributed by atoms with Crippen molar-refractivity contribution in [3.8, 4) is 0 Å². The Hall–Kier alpha value is -1.91. The Morgan fingerprint density at radius 1 is 1.14 bits per heavy atom. The first-order chi connectivity index (χ1) is 13.8. The summed E-state index contributed by atoms with van der Waals surface area (Å²) in [5.41, 5.74) is -0.0240. The lowest BCUT2D eigenvalue weighted by Gasteiger charge is -2.36. The van der Waals surface area contributed by atoms with Gasteiger partial charge in [0.25, 0.3) is 0 Å². The Morgan fingerprint density at radius 3 is 2.41 bits per heavy atom. The lowest BCUT2D eigenvalue weighted by atomic mass is 9.75. The van der Waals surface area contributed by atoms with Gasteiger partial charge in [-0.15, -0.1) is 0 Å². The van der Waals surface area contributed by atoms with Gasteiger partial charge in [-0.3, -0.25) is 4.79 Å². The quantitative estimate of drug-likeness (QED) is 0.613. The first-order valence-electron chi connectivity index (χ1n) is 10.9. The Morgan fingerprint density at radius 2 is 1.79 bits per heavy atom. The topological polar surface area (TPSA) is 52.6 Å². The minimum atomic E-state index is -0.784. The van der Waals surface area contributed by atoms with Crippen LogP contribution >= 0.6 is 0 Å². The van der Waals surface area contributed by atoms with Crippen molar-refractivity contribution in [3.05, 3.63) is 35.6 Å². The molecular formula is C24H33FO4. The molecule has 5 heteroatoms. The fourth-order valence-corrected chi connectivity index (χ4v) is 5.07. The van der Waals surface area contributed by atoms with Crippen molar-refractivity contribution in [3.63, 3.8) is 0 Å². The van der Waals surface area contributed by atoms with Crippen LogP contribution in [0, 0.1) is 23.6 Å². The van der Waals surface area contributed by atoms with Gasteiger partial charge in [0, 0.05) is 0 Å². The number of halogens is 1. The van der Waals surface area contributed by atoms with Crippen LogP contribution in [0.5, 0.6) is 0 Å². The summed E-state index contributed by atoms with van der Waals surface area (Å²) in [7, 11) is 0. The molecule has 2 fully saturated rings. The van der Waals surface area contributed by atoms with Crippen LogP contribution in [0.2, 0.25) is 0 Å². The molecular weight excluding hydrogens is 371 g/mol. The van der Waals surface area contributed by atoms with E-state index in [9.17, 15) is 14.0 Å². The van der Waals surface area contributed by atoms with Gasteiger partial charge in [0.2, 0.25) is 0 Å². The van der Waals surface area contributed by atoms with E-state index in [0.29, 0.717) is 30.6 Å². The molecule has 3 atom stereocenters. The third-order valence-electron chi connectivity index (χ3n) is 6.81. The number of rotatable bonds is 6. The largest absolute Gasteiger partial charge is 0.460 e. The second-order valence-corrected chi connectivity index (χ2v) is 9.23. The fraction of sp³-hybridized carbons (Fsp3) is 0.667. The molecule has 1 aromatic rings. The maximum Gasteiger partial charge on any atom is 0.344 e. The van der Waals surface area contributed by atoms with Gasteiger partial charge >= 0.3 is 11.9 Å². The maximum absolute atomic E-state index is 13.3. The van der Waals surface area contributed by atoms with Crippen molar-refractivity contribution in [2.24, 2.45) is 17.8 Å². The molecule has 4 nitrogen and oxygen atoms in total. The maximum atomic E-state index is 13.3. The molecule has 0 unspecified atom stereocenters. The van der Waals surface area contributed by atoms with Gasteiger partial charge in [-0.2, -0.15) is 0 Å². The highest BCUT2D eigenvalue weighted by molar-refractivity contribution is 5.85. The molecule has 0 N–H and O–H groups in total. The molecule has 0 spiro atoms. The predicted molar refractivity (Wildman–Crippen MR) is 109 cm³/mol. The van der Waals surface area contributed by atoms with E-state index < -0.39 is 17.4 Å². The van der Waals surface area contributed by atoms with Crippen molar-refractivity contribution in [1.29, 1.82) is 0 Å². The van der Waals surface area contributed by atoms with Gasteiger partial charge in [0.15, 0.2) is 6.61 Å². The molecule has 0 bridgehead atoms. The molecule has 0 heterocycles. The minimum absolute atomic E-state index is 0.109. The third-order valence-corrected chi connectivity index (χ3v) is 6.81. The molecule has 2 saturated carbocycles. The van der Waals surface area contributed by atoms with Crippen molar-refractivity contribution < 1.29 is 23.5 Å². The molecule has 0 radical (unpaired) electrons. The standard InChI is InChI=1S/C24H33FO4/c1-16(2)20-11-6-17(3)14-21(20)29-22(26)15-28-23(27)24(12-4-5-13-24)18-7-9-19(25)10-8-18/h7-10,16-17,20-21H,4-6,11-15H2,1-3H3/t17-,20+,21+/m1/s1. The number of carbonyl (C=O) groups is 2. The van der Waals surface area contributed by atoms with Gasteiger partial charge in [-0.05, 0) is 61.1 Å². The second-order valence-electron chi connectivity index (χ2n) is 9.23. The van der Waals surface area contributed by atoms with Crippen LogP contribution in [0.15, 0.2) is 24.3 Å². The fourth-order valence-electron chi connectivity index (χ4n) is 5.07. The van der Waals surface area contributed by atoms with Gasteiger partial charge in [0.1, 0.15) is 11.9 Å². The van der Waals surface area contributed by atoms with Crippen LogP contribution in [0.4, 0.5) is 4.39 Å². The summed E-state index contributed by atoms with van der Waals surface area (Å²) in [5.74, 6) is 0.117. The smallest absolute Gasteiger partial charge is 0.344 e. The minimum Gasteiger partial charge on any atom is -0.460 e. The van der Waals surface area contributed by atoms with Crippen LogP contribution in [0.1, 0.15) is 71.3 Å². The Kier molecular flexibility index (Phi) is 6.97. The SMILES string of the molecule is CC(C)[C@@H]1CC[C@@H](C)C[C@@H]1OC(=O)COC(=O)C1(c2ccc(F)cc2)CCCC1. The van der Waals surface area contributed by atoms with Crippen LogP contribution in [-0.2, 0) is 24.5 Å². The predicted octanol–water partition coefficient (Wildman–Crippen LogP) is 5.18. The molecule has 2 aliphatic carbocycles. The van der Waals surface area contributed by atoms with E-state index in [4.69, 9.17) is 9.47 Å². The first kappa shape index (κ1) is 21.8. The first-order valence-corrected chi connectivity index (χ1v) is 10.9. The Bertz CT molecular complexity index is 706. The zero-order chi connectivity index (χ0) is 21.0. The van der Waals surface area contributed by atoms with E-state index in [1.54, 1.807) is 12.1 Å². The van der Waals surface area contributed by atoms with Crippen LogP contribution < -0.4 is 0 Å². The molecule has 0 amide bonds. The summed E-state index contributed by atoms with van der Waals surface area (Å²) in [6.07, 6.45) is 6.10. The normalized spacial score (nSPS) is 26.3. The van der Waals surface area contributed by atoms with Gasteiger partial charge in [0.05, 0.1) is 5.41 Å². The van der Waals surface area contributed by atoms with Gasteiger partial charge in [-0.25, -0.2) is 9.18 Å². The summed E-state index contributed by atoms with van der Waals surface area (Å²) in [6, 6.07) is 6.04. The average Bonchev–Trinajstić information content (AvgIpc) is 3.17. The molecule has 0 aliphatic heterocycles. The van der Waals surface area contributed by atoms with Crippen LogP contribution in [-0.4, -0.2) is 24.6 Å². The Labute approximate surface area is 173 Å². The molecule has 2 aliphatic rings. The van der Waals surface area contributed by atoms with Crippen molar-refractivity contribution in [2.75, 3.05) is 6.61 Å². The Balaban J connectivity index is 1.61. The van der Waals surface area contributed by atoms with E-state index in [1.165, 1.54) is 12.1 Å². The van der Waals surface area contributed by atoms with Crippen molar-refractivity contribution >= 4 is 11.9 Å². The number of ether oxygens (including phenoxy) is 2. The molecule has 1 aromatic carbocycles. The van der Waals surface area contributed by atoms with Gasteiger partial charge in [-0.1, -0.05) is 52.2 Å². The molecule has 29 heavy (non-hydrogen) atoms.